The molecule has 23 heavy (non-hydrogen) atoms. The van der Waals surface area contributed by atoms with E-state index in [0.717, 1.165) is 30.6 Å². The predicted octanol–water partition coefficient (Wildman–Crippen LogP) is 2.59. The number of benzene rings is 1. The zero-order chi connectivity index (χ0) is 16.1. The van der Waals surface area contributed by atoms with E-state index in [1.54, 1.807) is 0 Å². The Morgan fingerprint density at radius 3 is 3.09 bits per heavy atom. The Bertz CT molecular complexity index is 669. The van der Waals surface area contributed by atoms with E-state index >= 15 is 0 Å². The maximum Gasteiger partial charge on any atom is 0.227 e. The summed E-state index contributed by atoms with van der Waals surface area (Å²) in [4.78, 5) is 16.5. The molecule has 0 fully saturated rings. The average molecular weight is 315 g/mol. The molecule has 1 atom stereocenters. The molecule has 2 aromatic rings. The Morgan fingerprint density at radius 2 is 2.22 bits per heavy atom. The van der Waals surface area contributed by atoms with Crippen LogP contribution in [0.1, 0.15) is 49.5 Å². The summed E-state index contributed by atoms with van der Waals surface area (Å²) < 4.78 is 10.8. The van der Waals surface area contributed by atoms with Gasteiger partial charge in [-0.3, -0.25) is 4.79 Å². The second-order valence-electron chi connectivity index (χ2n) is 5.65. The minimum Gasteiger partial charge on any atom is -0.493 e. The summed E-state index contributed by atoms with van der Waals surface area (Å²) in [6.45, 7) is 2.68. The number of amides is 1. The number of nitrogens with zero attached hydrogens (tertiary/aromatic N) is 2. The van der Waals surface area contributed by atoms with Crippen LogP contribution in [0.4, 0.5) is 0 Å². The quantitative estimate of drug-likeness (QED) is 0.886. The highest BCUT2D eigenvalue weighted by Crippen LogP contribution is 2.31. The first-order valence-corrected chi connectivity index (χ1v) is 8.09. The van der Waals surface area contributed by atoms with Crippen LogP contribution >= 0.6 is 0 Å². The molecule has 0 spiro atoms. The lowest BCUT2D eigenvalue weighted by atomic mass is 10.0. The van der Waals surface area contributed by atoms with E-state index in [1.165, 1.54) is 0 Å². The van der Waals surface area contributed by atoms with Gasteiger partial charge in [0.2, 0.25) is 11.8 Å². The number of carbonyl (C=O) groups excluding carboxylic acids is 1. The van der Waals surface area contributed by atoms with Crippen LogP contribution in [0.5, 0.6) is 5.75 Å². The van der Waals surface area contributed by atoms with Gasteiger partial charge in [0.15, 0.2) is 5.82 Å². The summed E-state index contributed by atoms with van der Waals surface area (Å²) in [6, 6.07) is 7.83. The van der Waals surface area contributed by atoms with Crippen LogP contribution in [-0.4, -0.2) is 22.7 Å². The fraction of sp³-hybridized carbons (Fsp3) is 0.471. The number of rotatable bonds is 6. The molecule has 1 amide bonds. The van der Waals surface area contributed by atoms with Gasteiger partial charge in [0.25, 0.3) is 0 Å². The van der Waals surface area contributed by atoms with E-state index in [-0.39, 0.29) is 11.9 Å². The third-order valence-corrected chi connectivity index (χ3v) is 3.84. The van der Waals surface area contributed by atoms with E-state index in [2.05, 4.69) is 22.4 Å². The summed E-state index contributed by atoms with van der Waals surface area (Å²) in [6.07, 6.45) is 3.36. The Labute approximate surface area is 135 Å². The van der Waals surface area contributed by atoms with E-state index in [1.807, 2.05) is 24.3 Å². The normalized spacial score (nSPS) is 16.5. The van der Waals surface area contributed by atoms with Crippen LogP contribution in [0.2, 0.25) is 0 Å². The van der Waals surface area contributed by atoms with Crippen LogP contribution in [0, 0.1) is 0 Å². The fourth-order valence-electron chi connectivity index (χ4n) is 2.70. The topological polar surface area (TPSA) is 77.2 Å². The van der Waals surface area contributed by atoms with Gasteiger partial charge in [-0.05, 0) is 12.5 Å². The first-order chi connectivity index (χ1) is 11.3. The molecule has 1 N–H and O–H groups in total. The van der Waals surface area contributed by atoms with E-state index in [4.69, 9.17) is 9.26 Å². The second kappa shape index (κ2) is 7.26. The van der Waals surface area contributed by atoms with Crippen molar-refractivity contribution < 1.29 is 14.1 Å². The fourth-order valence-corrected chi connectivity index (χ4v) is 2.70. The molecule has 0 bridgehead atoms. The van der Waals surface area contributed by atoms with Crippen molar-refractivity contribution in [2.75, 3.05) is 6.61 Å². The highest BCUT2D eigenvalue weighted by Gasteiger charge is 2.22. The minimum atomic E-state index is -0.0121. The van der Waals surface area contributed by atoms with Gasteiger partial charge in [-0.25, -0.2) is 0 Å². The van der Waals surface area contributed by atoms with Crippen LogP contribution < -0.4 is 10.1 Å². The number of hydrogen-bond acceptors (Lipinski definition) is 5. The molecular formula is C17H21N3O3. The maximum absolute atomic E-state index is 12.2. The first kappa shape index (κ1) is 15.5. The number of nitrogens with one attached hydrogen (secondary N) is 1. The zero-order valence-electron chi connectivity index (χ0n) is 13.2. The molecule has 0 unspecified atom stereocenters. The molecule has 1 aromatic heterocycles. The summed E-state index contributed by atoms with van der Waals surface area (Å²) in [5.74, 6) is 2.07. The molecule has 2 heterocycles. The van der Waals surface area contributed by atoms with Crippen molar-refractivity contribution in [3.63, 3.8) is 0 Å². The Balaban J connectivity index is 1.53. The van der Waals surface area contributed by atoms with Gasteiger partial charge in [-0.15, -0.1) is 0 Å². The lowest BCUT2D eigenvalue weighted by Gasteiger charge is -2.26. The molecule has 1 aliphatic heterocycles. The highest BCUT2D eigenvalue weighted by atomic mass is 16.5. The summed E-state index contributed by atoms with van der Waals surface area (Å²) in [5.41, 5.74) is 1.04. The predicted molar refractivity (Wildman–Crippen MR) is 84.1 cm³/mol. The maximum atomic E-state index is 12.2. The van der Waals surface area contributed by atoms with Gasteiger partial charge in [-0.1, -0.05) is 30.3 Å². The lowest BCUT2D eigenvalue weighted by molar-refractivity contribution is -0.122. The molecule has 122 valence electrons. The number of carbonyl (C=O) groups is 1. The Hall–Kier alpha value is -2.37. The average Bonchev–Trinajstić information content (AvgIpc) is 3.01. The number of fused-ring (bicyclic) bond motifs is 1. The third-order valence-electron chi connectivity index (χ3n) is 3.84. The van der Waals surface area contributed by atoms with Crippen molar-refractivity contribution in [1.82, 2.24) is 15.5 Å². The summed E-state index contributed by atoms with van der Waals surface area (Å²) in [5, 5.41) is 6.96. The summed E-state index contributed by atoms with van der Waals surface area (Å²) >= 11 is 0. The lowest BCUT2D eigenvalue weighted by Crippen LogP contribution is -2.32. The first-order valence-electron chi connectivity index (χ1n) is 8.09. The van der Waals surface area contributed by atoms with Crippen molar-refractivity contribution in [3.8, 4) is 5.75 Å². The molecule has 0 radical (unpaired) electrons. The van der Waals surface area contributed by atoms with Gasteiger partial charge in [-0.2, -0.15) is 4.98 Å². The minimum absolute atomic E-state index is 0.00536. The molecule has 0 aliphatic carbocycles. The van der Waals surface area contributed by atoms with Crippen LogP contribution in [0.15, 0.2) is 28.8 Å². The molecule has 0 saturated heterocycles. The van der Waals surface area contributed by atoms with E-state index < -0.39 is 0 Å². The largest absolute Gasteiger partial charge is 0.493 e. The van der Waals surface area contributed by atoms with Gasteiger partial charge in [0.05, 0.1) is 12.6 Å². The smallest absolute Gasteiger partial charge is 0.227 e. The van der Waals surface area contributed by atoms with Crippen LogP contribution in [0.3, 0.4) is 0 Å². The van der Waals surface area contributed by atoms with Gasteiger partial charge in [0.1, 0.15) is 5.75 Å². The van der Waals surface area contributed by atoms with Crippen molar-refractivity contribution >= 4 is 5.91 Å². The molecule has 6 nitrogen and oxygen atoms in total. The number of ether oxygens (including phenoxy) is 1. The third kappa shape index (κ3) is 3.88. The van der Waals surface area contributed by atoms with Gasteiger partial charge < -0.3 is 14.6 Å². The van der Waals surface area contributed by atoms with E-state index in [0.29, 0.717) is 31.2 Å². The monoisotopic (exact) mass is 315 g/mol. The molecule has 1 aromatic carbocycles. The SMILES string of the molecule is CCCc1noc(CCC(=O)N[C@@H]2CCOc3ccccc32)n1. The summed E-state index contributed by atoms with van der Waals surface area (Å²) in [7, 11) is 0. The van der Waals surface area contributed by atoms with Crippen LogP contribution in [-0.2, 0) is 17.6 Å². The molecule has 0 saturated carbocycles. The Kier molecular flexibility index (Phi) is 4.90. The van der Waals surface area contributed by atoms with E-state index in [9.17, 15) is 4.79 Å². The molecule has 6 heteroatoms. The molecular weight excluding hydrogens is 294 g/mol. The van der Waals surface area contributed by atoms with Crippen molar-refractivity contribution in [2.45, 2.75) is 45.1 Å². The standard InChI is InChI=1S/C17H21N3O3/c1-2-5-15-19-17(23-20-15)9-8-16(21)18-13-10-11-22-14-7-4-3-6-12(13)14/h3-4,6-7,13H,2,5,8-11H2,1H3,(H,18,21)/t13-/m1/s1. The van der Waals surface area contributed by atoms with Crippen molar-refractivity contribution in [2.24, 2.45) is 0 Å². The highest BCUT2D eigenvalue weighted by molar-refractivity contribution is 5.76. The van der Waals surface area contributed by atoms with Crippen LogP contribution in [0.25, 0.3) is 0 Å². The number of hydrogen-bond donors (Lipinski definition) is 1. The Morgan fingerprint density at radius 1 is 1.35 bits per heavy atom. The van der Waals surface area contributed by atoms with Crippen molar-refractivity contribution in [1.29, 1.82) is 0 Å². The van der Waals surface area contributed by atoms with Gasteiger partial charge in [0, 0.05) is 31.2 Å². The zero-order valence-corrected chi connectivity index (χ0v) is 13.2. The second-order valence-corrected chi connectivity index (χ2v) is 5.65. The van der Waals surface area contributed by atoms with Crippen molar-refractivity contribution in [3.05, 3.63) is 41.5 Å². The number of aryl methyl sites for hydroxylation is 2. The number of aromatic nitrogens is 2. The number of para-hydroxylation sites is 1. The van der Waals surface area contributed by atoms with Gasteiger partial charge >= 0.3 is 0 Å². The molecule has 1 aliphatic rings. The molecule has 3 rings (SSSR count).